The van der Waals surface area contributed by atoms with Gasteiger partial charge in [-0.05, 0) is 48.2 Å². The predicted molar refractivity (Wildman–Crippen MR) is 92.1 cm³/mol. The number of anilines is 1. The highest BCUT2D eigenvalue weighted by molar-refractivity contribution is 5.89. The average Bonchev–Trinajstić information content (AvgIpc) is 2.61. The molecule has 3 aromatic rings. The van der Waals surface area contributed by atoms with E-state index in [-0.39, 0.29) is 0 Å². The minimum atomic E-state index is -2.71. The standard InChI is InChI=1S/C19H17F2N3O/c1-11-8-13-10-24(7-6-12(13)9-16(11)25)19-14-4-2-3-5-15(14)22-18(23-19)17(20)21/h2-5,8-9,17,25H,6-7,10H2,1H3. The van der Waals surface area contributed by atoms with Gasteiger partial charge in [0.25, 0.3) is 6.43 Å². The first-order chi connectivity index (χ1) is 12.0. The second kappa shape index (κ2) is 5.95. The molecule has 0 radical (unpaired) electrons. The SMILES string of the molecule is Cc1cc2c(cc1O)CCN(c1nc(C(F)F)nc3ccccc13)C2. The van der Waals surface area contributed by atoms with Crippen molar-refractivity contribution in [3.05, 3.63) is 58.9 Å². The van der Waals surface area contributed by atoms with Crippen LogP contribution in [0.15, 0.2) is 36.4 Å². The van der Waals surface area contributed by atoms with Crippen molar-refractivity contribution in [1.82, 2.24) is 9.97 Å². The summed E-state index contributed by atoms with van der Waals surface area (Å²) < 4.78 is 26.4. The lowest BCUT2D eigenvalue weighted by molar-refractivity contribution is 0.141. The van der Waals surface area contributed by atoms with E-state index >= 15 is 0 Å². The van der Waals surface area contributed by atoms with E-state index in [4.69, 9.17) is 0 Å². The highest BCUT2D eigenvalue weighted by atomic mass is 19.3. The lowest BCUT2D eigenvalue weighted by Gasteiger charge is -2.31. The minimum Gasteiger partial charge on any atom is -0.508 e. The summed E-state index contributed by atoms with van der Waals surface area (Å²) in [4.78, 5) is 10.1. The number of nitrogens with zero attached hydrogens (tertiary/aromatic N) is 3. The molecule has 0 bridgehead atoms. The molecule has 0 spiro atoms. The number of hydrogen-bond donors (Lipinski definition) is 1. The summed E-state index contributed by atoms with van der Waals surface area (Å²) in [6.45, 7) is 3.07. The highest BCUT2D eigenvalue weighted by Gasteiger charge is 2.23. The number of fused-ring (bicyclic) bond motifs is 2. The number of hydrogen-bond acceptors (Lipinski definition) is 4. The van der Waals surface area contributed by atoms with Gasteiger partial charge in [0.05, 0.1) is 5.52 Å². The van der Waals surface area contributed by atoms with Gasteiger partial charge in [-0.25, -0.2) is 18.7 Å². The first-order valence-corrected chi connectivity index (χ1v) is 8.14. The second-order valence-corrected chi connectivity index (χ2v) is 6.30. The van der Waals surface area contributed by atoms with Crippen LogP contribution in [0, 0.1) is 6.92 Å². The van der Waals surface area contributed by atoms with Crippen LogP contribution in [-0.4, -0.2) is 21.6 Å². The summed E-state index contributed by atoms with van der Waals surface area (Å²) in [5.74, 6) is 0.387. The van der Waals surface area contributed by atoms with E-state index in [1.54, 1.807) is 18.2 Å². The Balaban J connectivity index is 1.80. The zero-order chi connectivity index (χ0) is 17.6. The third kappa shape index (κ3) is 2.77. The maximum Gasteiger partial charge on any atom is 0.297 e. The van der Waals surface area contributed by atoms with Crippen molar-refractivity contribution in [2.75, 3.05) is 11.4 Å². The Kier molecular flexibility index (Phi) is 3.75. The van der Waals surface area contributed by atoms with E-state index in [9.17, 15) is 13.9 Å². The van der Waals surface area contributed by atoms with Crippen molar-refractivity contribution in [2.24, 2.45) is 0 Å². The zero-order valence-corrected chi connectivity index (χ0v) is 13.7. The van der Waals surface area contributed by atoms with Crippen LogP contribution in [0.1, 0.15) is 28.9 Å². The Morgan fingerprint density at radius 2 is 1.92 bits per heavy atom. The smallest absolute Gasteiger partial charge is 0.297 e. The van der Waals surface area contributed by atoms with Gasteiger partial charge in [-0.2, -0.15) is 0 Å². The Morgan fingerprint density at radius 1 is 1.12 bits per heavy atom. The molecule has 4 rings (SSSR count). The molecule has 1 aliphatic heterocycles. The summed E-state index contributed by atoms with van der Waals surface area (Å²) in [5, 5.41) is 10.6. The molecule has 0 fully saturated rings. The minimum absolute atomic E-state index is 0.291. The van der Waals surface area contributed by atoms with Crippen LogP contribution in [-0.2, 0) is 13.0 Å². The normalized spacial score (nSPS) is 14.2. The monoisotopic (exact) mass is 341 g/mol. The predicted octanol–water partition coefficient (Wildman–Crippen LogP) is 4.14. The first kappa shape index (κ1) is 15.7. The maximum atomic E-state index is 13.2. The fraction of sp³-hybridized carbons (Fsp3) is 0.263. The van der Waals surface area contributed by atoms with Crippen LogP contribution < -0.4 is 4.90 Å². The molecular weight excluding hydrogens is 324 g/mol. The van der Waals surface area contributed by atoms with E-state index in [0.29, 0.717) is 30.2 Å². The van der Waals surface area contributed by atoms with Gasteiger partial charge < -0.3 is 10.0 Å². The van der Waals surface area contributed by atoms with Crippen LogP contribution in [0.5, 0.6) is 5.75 Å². The lowest BCUT2D eigenvalue weighted by Crippen LogP contribution is -2.31. The van der Waals surface area contributed by atoms with Crippen LogP contribution in [0.3, 0.4) is 0 Å². The van der Waals surface area contributed by atoms with E-state index in [0.717, 1.165) is 28.5 Å². The fourth-order valence-corrected chi connectivity index (χ4v) is 3.32. The van der Waals surface area contributed by atoms with Crippen molar-refractivity contribution in [3.8, 4) is 5.75 Å². The van der Waals surface area contributed by atoms with Crippen molar-refractivity contribution in [2.45, 2.75) is 26.3 Å². The van der Waals surface area contributed by atoms with Crippen LogP contribution in [0.25, 0.3) is 10.9 Å². The fourth-order valence-electron chi connectivity index (χ4n) is 3.32. The van der Waals surface area contributed by atoms with E-state index < -0.39 is 12.2 Å². The molecule has 0 aliphatic carbocycles. The topological polar surface area (TPSA) is 49.2 Å². The molecule has 25 heavy (non-hydrogen) atoms. The first-order valence-electron chi connectivity index (χ1n) is 8.14. The molecule has 2 heterocycles. The van der Waals surface area contributed by atoms with Gasteiger partial charge in [0.15, 0.2) is 5.82 Å². The molecule has 1 aromatic heterocycles. The van der Waals surface area contributed by atoms with Gasteiger partial charge in [0.2, 0.25) is 0 Å². The largest absolute Gasteiger partial charge is 0.508 e. The lowest BCUT2D eigenvalue weighted by atomic mass is 9.97. The van der Waals surface area contributed by atoms with Gasteiger partial charge >= 0.3 is 0 Å². The van der Waals surface area contributed by atoms with E-state index in [1.165, 1.54) is 0 Å². The summed E-state index contributed by atoms with van der Waals surface area (Å²) >= 11 is 0. The molecule has 0 saturated carbocycles. The van der Waals surface area contributed by atoms with Crippen LogP contribution >= 0.6 is 0 Å². The quantitative estimate of drug-likeness (QED) is 0.761. The molecule has 1 N–H and O–H groups in total. The number of halogens is 2. The number of phenolic OH excluding ortho intramolecular Hbond substituents is 1. The van der Waals surface area contributed by atoms with E-state index in [1.807, 2.05) is 30.0 Å². The van der Waals surface area contributed by atoms with Crippen molar-refractivity contribution in [3.63, 3.8) is 0 Å². The molecule has 0 unspecified atom stereocenters. The number of rotatable bonds is 2. The summed E-state index contributed by atoms with van der Waals surface area (Å²) in [5.41, 5.74) is 3.51. The Labute approximate surface area is 143 Å². The van der Waals surface area contributed by atoms with Crippen molar-refractivity contribution < 1.29 is 13.9 Å². The van der Waals surface area contributed by atoms with Gasteiger partial charge in [0, 0.05) is 18.5 Å². The van der Waals surface area contributed by atoms with Crippen LogP contribution in [0.2, 0.25) is 0 Å². The summed E-state index contributed by atoms with van der Waals surface area (Å²) in [6, 6.07) is 11.0. The molecule has 128 valence electrons. The molecule has 4 nitrogen and oxygen atoms in total. The number of aryl methyl sites for hydroxylation is 1. The van der Waals surface area contributed by atoms with Crippen molar-refractivity contribution >= 4 is 16.7 Å². The number of benzene rings is 2. The third-order valence-corrected chi connectivity index (χ3v) is 4.63. The van der Waals surface area contributed by atoms with E-state index in [2.05, 4.69) is 9.97 Å². The second-order valence-electron chi connectivity index (χ2n) is 6.30. The van der Waals surface area contributed by atoms with Gasteiger partial charge in [0.1, 0.15) is 11.6 Å². The Morgan fingerprint density at radius 3 is 2.72 bits per heavy atom. The Bertz CT molecular complexity index is 959. The van der Waals surface area contributed by atoms with Gasteiger partial charge in [-0.3, -0.25) is 0 Å². The maximum absolute atomic E-state index is 13.2. The zero-order valence-electron chi connectivity index (χ0n) is 13.7. The molecule has 0 atom stereocenters. The molecular formula is C19H17F2N3O. The summed E-state index contributed by atoms with van der Waals surface area (Å²) in [6.07, 6.45) is -1.98. The number of alkyl halides is 2. The average molecular weight is 341 g/mol. The number of para-hydroxylation sites is 1. The molecule has 2 aromatic carbocycles. The molecule has 1 aliphatic rings. The number of phenols is 1. The third-order valence-electron chi connectivity index (χ3n) is 4.63. The number of aromatic nitrogens is 2. The van der Waals surface area contributed by atoms with Crippen molar-refractivity contribution in [1.29, 1.82) is 0 Å². The molecule has 6 heteroatoms. The van der Waals surface area contributed by atoms with Gasteiger partial charge in [-0.1, -0.05) is 18.2 Å². The Hall–Kier alpha value is -2.76. The number of aromatic hydroxyl groups is 1. The molecule has 0 amide bonds. The molecule has 0 saturated heterocycles. The van der Waals surface area contributed by atoms with Crippen LogP contribution in [0.4, 0.5) is 14.6 Å². The summed E-state index contributed by atoms with van der Waals surface area (Å²) in [7, 11) is 0. The van der Waals surface area contributed by atoms with Gasteiger partial charge in [-0.15, -0.1) is 0 Å². The highest BCUT2D eigenvalue weighted by Crippen LogP contribution is 2.32.